The lowest BCUT2D eigenvalue weighted by Gasteiger charge is -2.16. The third kappa shape index (κ3) is 3.09. The van der Waals surface area contributed by atoms with Crippen molar-refractivity contribution in [3.63, 3.8) is 0 Å². The molecule has 0 radical (unpaired) electrons. The number of nitrogens with zero attached hydrogens (tertiary/aromatic N) is 1. The fourth-order valence-corrected chi connectivity index (χ4v) is 3.77. The molecule has 1 aliphatic heterocycles. The van der Waals surface area contributed by atoms with E-state index in [2.05, 4.69) is 0 Å². The Morgan fingerprint density at radius 1 is 1.12 bits per heavy atom. The summed E-state index contributed by atoms with van der Waals surface area (Å²) in [5, 5.41) is 0. The number of methoxy groups -OCH3 is 1. The highest BCUT2D eigenvalue weighted by Gasteiger charge is 2.33. The lowest BCUT2D eigenvalue weighted by molar-refractivity contribution is -0.113. The molecule has 0 bridgehead atoms. The largest absolute Gasteiger partial charge is 0.496 e. The van der Waals surface area contributed by atoms with Crippen molar-refractivity contribution in [3.05, 3.63) is 64.1 Å². The first-order valence-corrected chi connectivity index (χ1v) is 8.72. The number of aryl methyl sites for hydroxylation is 2. The summed E-state index contributed by atoms with van der Waals surface area (Å²) in [5.41, 5.74) is 3.99. The Morgan fingerprint density at radius 2 is 1.88 bits per heavy atom. The number of thiocarbonyl (C=S) groups is 1. The maximum absolute atomic E-state index is 12.8. The van der Waals surface area contributed by atoms with Gasteiger partial charge in [0.05, 0.1) is 17.7 Å². The highest BCUT2D eigenvalue weighted by atomic mass is 32.2. The molecule has 1 aliphatic rings. The predicted molar refractivity (Wildman–Crippen MR) is 105 cm³/mol. The van der Waals surface area contributed by atoms with Crippen LogP contribution in [0.4, 0.5) is 5.69 Å². The molecular formula is C19H17NO2S2. The van der Waals surface area contributed by atoms with Gasteiger partial charge in [0.15, 0.2) is 4.32 Å². The second-order valence-corrected chi connectivity index (χ2v) is 7.20. The van der Waals surface area contributed by atoms with Crippen LogP contribution in [0.15, 0.2) is 47.4 Å². The molecule has 5 heteroatoms. The van der Waals surface area contributed by atoms with Crippen molar-refractivity contribution in [2.45, 2.75) is 13.8 Å². The molecule has 0 aromatic heterocycles. The van der Waals surface area contributed by atoms with Crippen LogP contribution < -0.4 is 9.64 Å². The van der Waals surface area contributed by atoms with Gasteiger partial charge in [-0.25, -0.2) is 0 Å². The maximum Gasteiger partial charge on any atom is 0.270 e. The summed E-state index contributed by atoms with van der Waals surface area (Å²) in [6, 6.07) is 13.5. The molecule has 0 spiro atoms. The van der Waals surface area contributed by atoms with Crippen molar-refractivity contribution in [2.75, 3.05) is 12.0 Å². The molecule has 1 heterocycles. The summed E-state index contributed by atoms with van der Waals surface area (Å²) in [6.07, 6.45) is 1.83. The summed E-state index contributed by atoms with van der Waals surface area (Å²) in [4.78, 5) is 15.0. The highest BCUT2D eigenvalue weighted by Crippen LogP contribution is 2.37. The Bertz CT molecular complexity index is 858. The molecule has 2 aromatic rings. The van der Waals surface area contributed by atoms with E-state index in [-0.39, 0.29) is 5.91 Å². The van der Waals surface area contributed by atoms with Gasteiger partial charge in [0.25, 0.3) is 5.91 Å². The molecular weight excluding hydrogens is 338 g/mol. The number of anilines is 1. The summed E-state index contributed by atoms with van der Waals surface area (Å²) in [6.45, 7) is 4.08. The number of ether oxygens (including phenoxy) is 1. The number of amides is 1. The Kier molecular flexibility index (Phi) is 4.73. The number of para-hydroxylation sites is 1. The van der Waals surface area contributed by atoms with Crippen molar-refractivity contribution in [3.8, 4) is 5.75 Å². The van der Waals surface area contributed by atoms with Gasteiger partial charge in [-0.3, -0.25) is 9.69 Å². The molecule has 0 aliphatic carbocycles. The van der Waals surface area contributed by atoms with Crippen LogP contribution in [0.1, 0.15) is 16.7 Å². The summed E-state index contributed by atoms with van der Waals surface area (Å²) in [5.74, 6) is 0.633. The van der Waals surface area contributed by atoms with Crippen LogP contribution in [0.3, 0.4) is 0 Å². The van der Waals surface area contributed by atoms with Crippen LogP contribution in [0.2, 0.25) is 0 Å². The molecule has 3 nitrogen and oxygen atoms in total. The highest BCUT2D eigenvalue weighted by molar-refractivity contribution is 8.27. The van der Waals surface area contributed by atoms with Crippen LogP contribution >= 0.6 is 24.0 Å². The molecule has 0 unspecified atom stereocenters. The smallest absolute Gasteiger partial charge is 0.270 e. The normalized spacial score (nSPS) is 16.1. The summed E-state index contributed by atoms with van der Waals surface area (Å²) in [7, 11) is 1.62. The van der Waals surface area contributed by atoms with Crippen LogP contribution in [0.5, 0.6) is 5.75 Å². The Balaban J connectivity index is 1.97. The number of thioether (sulfide) groups is 1. The number of hydrogen-bond donors (Lipinski definition) is 0. The van der Waals surface area contributed by atoms with Crippen molar-refractivity contribution in [1.29, 1.82) is 0 Å². The van der Waals surface area contributed by atoms with Gasteiger partial charge in [-0.15, -0.1) is 0 Å². The first-order chi connectivity index (χ1) is 11.5. The molecule has 1 amide bonds. The second kappa shape index (κ2) is 6.79. The molecule has 122 valence electrons. The standard InChI is InChI=1S/C19H17NO2S2/c1-12-8-9-15(10-13(12)2)20-18(21)17(24-19(20)23)11-14-6-4-5-7-16(14)22-3/h4-11H,1-3H3/b17-11-. The van der Waals surface area contributed by atoms with Crippen LogP contribution in [-0.4, -0.2) is 17.3 Å². The maximum atomic E-state index is 12.8. The lowest BCUT2D eigenvalue weighted by Crippen LogP contribution is -2.27. The van der Waals surface area contributed by atoms with Gasteiger partial charge < -0.3 is 4.74 Å². The van der Waals surface area contributed by atoms with Crippen molar-refractivity contribution >= 4 is 46.0 Å². The SMILES string of the molecule is COc1ccccc1/C=C1\SC(=S)N(c2ccc(C)c(C)c2)C1=O. The molecule has 24 heavy (non-hydrogen) atoms. The van der Waals surface area contributed by atoms with E-state index in [1.54, 1.807) is 12.0 Å². The van der Waals surface area contributed by atoms with Gasteiger partial charge in [0.1, 0.15) is 5.75 Å². The van der Waals surface area contributed by atoms with Crippen molar-refractivity contribution < 1.29 is 9.53 Å². The monoisotopic (exact) mass is 355 g/mol. The van der Waals surface area contributed by atoms with E-state index >= 15 is 0 Å². The van der Waals surface area contributed by atoms with Crippen molar-refractivity contribution in [2.24, 2.45) is 0 Å². The third-order valence-corrected chi connectivity index (χ3v) is 5.27. The zero-order valence-corrected chi connectivity index (χ0v) is 15.3. The fraction of sp³-hybridized carbons (Fsp3) is 0.158. The molecule has 0 saturated carbocycles. The zero-order chi connectivity index (χ0) is 17.3. The summed E-state index contributed by atoms with van der Waals surface area (Å²) < 4.78 is 5.89. The van der Waals surface area contributed by atoms with Crippen LogP contribution in [0.25, 0.3) is 6.08 Å². The minimum Gasteiger partial charge on any atom is -0.496 e. The predicted octanol–water partition coefficient (Wildman–Crippen LogP) is 4.72. The van der Waals surface area contributed by atoms with E-state index in [9.17, 15) is 4.79 Å². The molecule has 1 fully saturated rings. The molecule has 0 N–H and O–H groups in total. The number of carbonyl (C=O) groups is 1. The Morgan fingerprint density at radius 3 is 2.58 bits per heavy atom. The Hall–Kier alpha value is -2.11. The first kappa shape index (κ1) is 16.7. The van der Waals surface area contributed by atoms with Gasteiger partial charge in [-0.2, -0.15) is 0 Å². The topological polar surface area (TPSA) is 29.5 Å². The average molecular weight is 355 g/mol. The average Bonchev–Trinajstić information content (AvgIpc) is 2.85. The minimum absolute atomic E-state index is 0.0980. The van der Waals surface area contributed by atoms with Gasteiger partial charge in [0, 0.05) is 5.56 Å². The van der Waals surface area contributed by atoms with Gasteiger partial charge in [-0.1, -0.05) is 48.2 Å². The van der Waals surface area contributed by atoms with Gasteiger partial charge >= 0.3 is 0 Å². The Labute approximate surface area is 151 Å². The van der Waals surface area contributed by atoms with Gasteiger partial charge in [-0.05, 0) is 49.2 Å². The number of carbonyl (C=O) groups excluding carboxylic acids is 1. The molecule has 0 atom stereocenters. The van der Waals surface area contributed by atoms with Gasteiger partial charge in [0.2, 0.25) is 0 Å². The number of rotatable bonds is 3. The van der Waals surface area contributed by atoms with E-state index in [0.717, 1.165) is 22.6 Å². The van der Waals surface area contributed by atoms with Crippen LogP contribution in [-0.2, 0) is 4.79 Å². The zero-order valence-electron chi connectivity index (χ0n) is 13.7. The van der Waals surface area contributed by atoms with E-state index in [0.29, 0.717) is 9.23 Å². The van der Waals surface area contributed by atoms with E-state index in [4.69, 9.17) is 17.0 Å². The minimum atomic E-state index is -0.0980. The van der Waals surface area contributed by atoms with E-state index in [1.165, 1.54) is 17.3 Å². The molecule has 3 rings (SSSR count). The quantitative estimate of drug-likeness (QED) is 0.589. The number of hydrogen-bond acceptors (Lipinski definition) is 4. The first-order valence-electron chi connectivity index (χ1n) is 7.49. The third-order valence-electron chi connectivity index (χ3n) is 3.97. The van der Waals surface area contributed by atoms with Crippen LogP contribution in [0, 0.1) is 13.8 Å². The fourth-order valence-electron chi connectivity index (χ4n) is 2.48. The van der Waals surface area contributed by atoms with E-state index in [1.807, 2.05) is 62.4 Å². The lowest BCUT2D eigenvalue weighted by atomic mass is 10.1. The molecule has 2 aromatic carbocycles. The molecule has 1 saturated heterocycles. The van der Waals surface area contributed by atoms with Crippen molar-refractivity contribution in [1.82, 2.24) is 0 Å². The second-order valence-electron chi connectivity index (χ2n) is 5.53. The van der Waals surface area contributed by atoms with E-state index < -0.39 is 0 Å². The number of benzene rings is 2. The summed E-state index contributed by atoms with van der Waals surface area (Å²) >= 11 is 6.74.